The number of pyridine rings is 1. The molecule has 0 bridgehead atoms. The highest BCUT2D eigenvalue weighted by atomic mass is 79.9. The minimum atomic E-state index is -0.146. The number of nitrogens with zero attached hydrogens (tertiary/aromatic N) is 4. The molecule has 1 amide bonds. The highest BCUT2D eigenvalue weighted by molar-refractivity contribution is 9.10. The van der Waals surface area contributed by atoms with Crippen LogP contribution in [-0.2, 0) is 11.3 Å². The van der Waals surface area contributed by atoms with Crippen molar-refractivity contribution in [1.29, 1.82) is 0 Å². The van der Waals surface area contributed by atoms with Gasteiger partial charge in [0.15, 0.2) is 11.0 Å². The summed E-state index contributed by atoms with van der Waals surface area (Å²) in [5.41, 5.74) is 2.27. The van der Waals surface area contributed by atoms with Gasteiger partial charge in [-0.3, -0.25) is 9.36 Å². The largest absolute Gasteiger partial charge is 0.310 e. The summed E-state index contributed by atoms with van der Waals surface area (Å²) < 4.78 is 2.84. The number of anilines is 1. The normalized spacial score (nSPS) is 10.8. The van der Waals surface area contributed by atoms with Gasteiger partial charge in [0, 0.05) is 33.0 Å². The molecule has 3 rings (SSSR count). The van der Waals surface area contributed by atoms with E-state index in [9.17, 15) is 4.79 Å². The van der Waals surface area contributed by atoms with Gasteiger partial charge in [-0.25, -0.2) is 4.98 Å². The van der Waals surface area contributed by atoms with Crippen LogP contribution >= 0.6 is 39.0 Å². The number of thioether (sulfide) groups is 1. The van der Waals surface area contributed by atoms with Gasteiger partial charge in [0.2, 0.25) is 5.91 Å². The summed E-state index contributed by atoms with van der Waals surface area (Å²) in [5, 5.41) is 14.2. The second-order valence-electron chi connectivity index (χ2n) is 5.73. The molecule has 0 unspecified atom stereocenters. The molecule has 1 N–H and O–H groups in total. The summed E-state index contributed by atoms with van der Waals surface area (Å²) in [5.74, 6) is 1.39. The molecule has 0 spiro atoms. The standard InChI is InChI=1S/C18H18BrN5OS2/c1-4-7-24-17(14-9-26-12(3)11(14)2)22-23-18(24)27-10-16(25)21-15-6-5-13(19)8-20-15/h4-6,8-9H,1,7,10H2,2-3H3,(H,20,21,25). The number of aromatic nitrogens is 4. The zero-order valence-corrected chi connectivity index (χ0v) is 18.1. The summed E-state index contributed by atoms with van der Waals surface area (Å²) >= 11 is 6.35. The number of carbonyl (C=O) groups is 1. The van der Waals surface area contributed by atoms with Gasteiger partial charge in [-0.2, -0.15) is 0 Å². The summed E-state index contributed by atoms with van der Waals surface area (Å²) in [6, 6.07) is 3.57. The molecular formula is C18H18BrN5OS2. The van der Waals surface area contributed by atoms with Crippen molar-refractivity contribution < 1.29 is 4.79 Å². The van der Waals surface area contributed by atoms with Gasteiger partial charge in [-0.05, 0) is 47.5 Å². The van der Waals surface area contributed by atoms with Gasteiger partial charge < -0.3 is 5.32 Å². The molecule has 140 valence electrons. The van der Waals surface area contributed by atoms with Crippen LogP contribution in [0.25, 0.3) is 11.4 Å². The average molecular weight is 464 g/mol. The molecule has 6 nitrogen and oxygen atoms in total. The fourth-order valence-corrected chi connectivity index (χ4v) is 4.23. The molecule has 9 heteroatoms. The zero-order valence-electron chi connectivity index (χ0n) is 14.9. The van der Waals surface area contributed by atoms with Crippen LogP contribution in [0.5, 0.6) is 0 Å². The van der Waals surface area contributed by atoms with Crippen molar-refractivity contribution in [2.75, 3.05) is 11.1 Å². The Labute approximate surface area is 174 Å². The van der Waals surface area contributed by atoms with Crippen LogP contribution in [0.4, 0.5) is 5.82 Å². The van der Waals surface area contributed by atoms with Crippen LogP contribution in [0.3, 0.4) is 0 Å². The van der Waals surface area contributed by atoms with Gasteiger partial charge in [-0.15, -0.1) is 28.1 Å². The highest BCUT2D eigenvalue weighted by Crippen LogP contribution is 2.31. The van der Waals surface area contributed by atoms with Crippen molar-refractivity contribution in [3.8, 4) is 11.4 Å². The molecule has 3 aromatic heterocycles. The third-order valence-electron chi connectivity index (χ3n) is 3.88. The van der Waals surface area contributed by atoms with Gasteiger partial charge in [0.05, 0.1) is 5.75 Å². The maximum Gasteiger partial charge on any atom is 0.236 e. The lowest BCUT2D eigenvalue weighted by Gasteiger charge is -2.08. The van der Waals surface area contributed by atoms with Crippen LogP contribution in [-0.4, -0.2) is 31.4 Å². The monoisotopic (exact) mass is 463 g/mol. The lowest BCUT2D eigenvalue weighted by molar-refractivity contribution is -0.113. The smallest absolute Gasteiger partial charge is 0.236 e. The number of rotatable bonds is 7. The second kappa shape index (κ2) is 8.81. The Bertz CT molecular complexity index is 965. The SMILES string of the molecule is C=CCn1c(SCC(=O)Nc2ccc(Br)cn2)nnc1-c1csc(C)c1C. The average Bonchev–Trinajstić information content (AvgIpc) is 3.19. The van der Waals surface area contributed by atoms with Crippen LogP contribution in [0.1, 0.15) is 10.4 Å². The summed E-state index contributed by atoms with van der Waals surface area (Å²) in [6.45, 7) is 8.58. The number of hydrogen-bond donors (Lipinski definition) is 1. The Morgan fingerprint density at radius 3 is 2.85 bits per heavy atom. The molecule has 0 atom stereocenters. The van der Waals surface area contributed by atoms with E-state index in [-0.39, 0.29) is 11.7 Å². The van der Waals surface area contributed by atoms with E-state index in [1.165, 1.54) is 22.2 Å². The fraction of sp³-hybridized carbons (Fsp3) is 0.222. The highest BCUT2D eigenvalue weighted by Gasteiger charge is 2.18. The van der Waals surface area contributed by atoms with E-state index >= 15 is 0 Å². The van der Waals surface area contributed by atoms with Crippen molar-refractivity contribution in [2.24, 2.45) is 0 Å². The summed E-state index contributed by atoms with van der Waals surface area (Å²) in [7, 11) is 0. The topological polar surface area (TPSA) is 72.7 Å². The van der Waals surface area contributed by atoms with Gasteiger partial charge in [0.25, 0.3) is 0 Å². The van der Waals surface area contributed by atoms with Crippen LogP contribution in [0.2, 0.25) is 0 Å². The number of nitrogens with one attached hydrogen (secondary N) is 1. The van der Waals surface area contributed by atoms with E-state index < -0.39 is 0 Å². The second-order valence-corrected chi connectivity index (χ2v) is 8.68. The summed E-state index contributed by atoms with van der Waals surface area (Å²) in [6.07, 6.45) is 3.44. The number of allylic oxidation sites excluding steroid dienone is 1. The Morgan fingerprint density at radius 2 is 2.22 bits per heavy atom. The van der Waals surface area contributed by atoms with Crippen molar-refractivity contribution >= 4 is 50.8 Å². The van der Waals surface area contributed by atoms with E-state index in [1.54, 1.807) is 29.7 Å². The first-order valence-electron chi connectivity index (χ1n) is 8.13. The number of carbonyl (C=O) groups excluding carboxylic acids is 1. The molecule has 3 aromatic rings. The molecule has 0 saturated carbocycles. The van der Waals surface area contributed by atoms with E-state index in [4.69, 9.17) is 0 Å². The third kappa shape index (κ3) is 4.66. The predicted molar refractivity (Wildman–Crippen MR) is 114 cm³/mol. The Hall–Kier alpha value is -1.97. The predicted octanol–water partition coefficient (Wildman–Crippen LogP) is 4.70. The number of halogens is 1. The van der Waals surface area contributed by atoms with Crippen LogP contribution in [0.15, 0.2) is 46.0 Å². The van der Waals surface area contributed by atoms with E-state index in [1.807, 2.05) is 10.6 Å². The lowest BCUT2D eigenvalue weighted by Crippen LogP contribution is -2.15. The van der Waals surface area contributed by atoms with E-state index in [2.05, 4.69) is 62.2 Å². The maximum absolute atomic E-state index is 12.2. The minimum Gasteiger partial charge on any atom is -0.310 e. The van der Waals surface area contributed by atoms with Crippen molar-refractivity contribution in [2.45, 2.75) is 25.5 Å². The first kappa shape index (κ1) is 19.8. The number of amides is 1. The van der Waals surface area contributed by atoms with Crippen molar-refractivity contribution in [3.63, 3.8) is 0 Å². The molecule has 27 heavy (non-hydrogen) atoms. The number of hydrogen-bond acceptors (Lipinski definition) is 6. The Balaban J connectivity index is 1.73. The molecule has 0 aromatic carbocycles. The van der Waals surface area contributed by atoms with Crippen molar-refractivity contribution in [1.82, 2.24) is 19.7 Å². The zero-order chi connectivity index (χ0) is 19.4. The first-order valence-corrected chi connectivity index (χ1v) is 10.8. The molecule has 0 aliphatic heterocycles. The van der Waals surface area contributed by atoms with E-state index in [0.717, 1.165) is 15.9 Å². The van der Waals surface area contributed by atoms with Crippen LogP contribution < -0.4 is 5.32 Å². The molecule has 0 aliphatic carbocycles. The molecule has 0 radical (unpaired) electrons. The van der Waals surface area contributed by atoms with Crippen molar-refractivity contribution in [3.05, 3.63) is 51.3 Å². The van der Waals surface area contributed by atoms with Crippen LogP contribution in [0, 0.1) is 13.8 Å². The fourth-order valence-electron chi connectivity index (χ4n) is 2.38. The maximum atomic E-state index is 12.2. The molecule has 3 heterocycles. The third-order valence-corrected chi connectivity index (χ3v) is 6.33. The van der Waals surface area contributed by atoms with Gasteiger partial charge in [-0.1, -0.05) is 17.8 Å². The Kier molecular flexibility index (Phi) is 6.46. The lowest BCUT2D eigenvalue weighted by atomic mass is 10.1. The summed E-state index contributed by atoms with van der Waals surface area (Å²) in [4.78, 5) is 17.6. The Morgan fingerprint density at radius 1 is 1.41 bits per heavy atom. The molecule has 0 saturated heterocycles. The molecular weight excluding hydrogens is 446 g/mol. The molecule has 0 fully saturated rings. The molecule has 0 aliphatic rings. The van der Waals surface area contributed by atoms with Gasteiger partial charge >= 0.3 is 0 Å². The van der Waals surface area contributed by atoms with E-state index in [0.29, 0.717) is 17.5 Å². The quantitative estimate of drug-likeness (QED) is 0.406. The minimum absolute atomic E-state index is 0.146. The van der Waals surface area contributed by atoms with Gasteiger partial charge in [0.1, 0.15) is 5.82 Å². The number of aryl methyl sites for hydroxylation is 1. The number of thiophene rings is 1. The first-order chi connectivity index (χ1) is 13.0.